The first kappa shape index (κ1) is 11.6. The topological polar surface area (TPSA) is 133 Å². The van der Waals surface area contributed by atoms with E-state index in [9.17, 15) is 4.79 Å². The number of aromatic nitrogens is 1. The summed E-state index contributed by atoms with van der Waals surface area (Å²) in [7, 11) is -4.67. The Labute approximate surface area is 74.1 Å². The molecule has 13 heavy (non-hydrogen) atoms. The molecule has 1 aromatic heterocycles. The molecule has 1 heterocycles. The second-order valence-corrected chi connectivity index (χ2v) is 2.79. The smallest absolute Gasteiger partial charge is 0.364 e. The number of carbonyl (C=O) groups excluding carboxylic acids is 1. The van der Waals surface area contributed by atoms with Crippen LogP contribution in [0.1, 0.15) is 10.5 Å². The van der Waals surface area contributed by atoms with E-state index in [2.05, 4.69) is 4.98 Å². The Morgan fingerprint density at radius 2 is 1.92 bits per heavy atom. The van der Waals surface area contributed by atoms with Gasteiger partial charge >= 0.3 is 10.4 Å². The van der Waals surface area contributed by atoms with Crippen LogP contribution in [0.2, 0.25) is 0 Å². The molecule has 0 saturated heterocycles. The van der Waals surface area contributed by atoms with Crippen molar-refractivity contribution in [2.24, 2.45) is 5.73 Å². The maximum absolute atomic E-state index is 10.3. The van der Waals surface area contributed by atoms with E-state index in [1.807, 2.05) is 0 Å². The molecular weight excluding hydrogens is 200 g/mol. The predicted octanol–water partition coefficient (Wildman–Crippen LogP) is -0.539. The van der Waals surface area contributed by atoms with Crippen LogP contribution in [-0.4, -0.2) is 28.4 Å². The van der Waals surface area contributed by atoms with Crippen LogP contribution in [0.5, 0.6) is 0 Å². The summed E-state index contributed by atoms with van der Waals surface area (Å²) in [6, 6.07) is 3.35. The summed E-state index contributed by atoms with van der Waals surface area (Å²) in [6.07, 6.45) is 1.65. The number of aromatic amines is 1. The van der Waals surface area contributed by atoms with Gasteiger partial charge < -0.3 is 10.7 Å². The minimum absolute atomic E-state index is 0.421. The zero-order valence-electron chi connectivity index (χ0n) is 6.34. The van der Waals surface area contributed by atoms with Crippen LogP contribution in [0.15, 0.2) is 18.3 Å². The lowest BCUT2D eigenvalue weighted by molar-refractivity contribution is 0.0996. The summed E-state index contributed by atoms with van der Waals surface area (Å²) < 4.78 is 31.6. The van der Waals surface area contributed by atoms with E-state index in [1.165, 1.54) is 0 Å². The molecule has 0 aliphatic carbocycles. The van der Waals surface area contributed by atoms with Crippen molar-refractivity contribution in [1.29, 1.82) is 0 Å². The van der Waals surface area contributed by atoms with E-state index in [0.717, 1.165) is 0 Å². The summed E-state index contributed by atoms with van der Waals surface area (Å²) in [5.41, 5.74) is 5.34. The Bertz CT molecular complexity index is 346. The summed E-state index contributed by atoms with van der Waals surface area (Å²) in [6.45, 7) is 0. The van der Waals surface area contributed by atoms with Gasteiger partial charge in [-0.2, -0.15) is 8.42 Å². The second kappa shape index (κ2) is 4.60. The molecule has 74 valence electrons. The molecule has 7 nitrogen and oxygen atoms in total. The highest BCUT2D eigenvalue weighted by Gasteiger charge is 1.95. The van der Waals surface area contributed by atoms with Crippen molar-refractivity contribution in [1.82, 2.24) is 4.98 Å². The lowest BCUT2D eigenvalue weighted by Crippen LogP contribution is -2.10. The molecule has 1 amide bonds. The van der Waals surface area contributed by atoms with Gasteiger partial charge in [0.1, 0.15) is 5.69 Å². The first-order valence-corrected chi connectivity index (χ1v) is 4.33. The fraction of sp³-hybridized carbons (Fsp3) is 0. The fourth-order valence-electron chi connectivity index (χ4n) is 0.484. The van der Waals surface area contributed by atoms with Crippen LogP contribution in [0.3, 0.4) is 0 Å². The molecule has 8 heteroatoms. The van der Waals surface area contributed by atoms with Gasteiger partial charge in [0.25, 0.3) is 5.91 Å². The molecule has 0 bridgehead atoms. The van der Waals surface area contributed by atoms with Crippen LogP contribution in [0.25, 0.3) is 0 Å². The van der Waals surface area contributed by atoms with Crippen LogP contribution in [0, 0.1) is 0 Å². The van der Waals surface area contributed by atoms with Gasteiger partial charge in [-0.25, -0.2) is 0 Å². The molecule has 0 fully saturated rings. The van der Waals surface area contributed by atoms with Crippen molar-refractivity contribution in [3.8, 4) is 0 Å². The number of nitrogens with one attached hydrogen (secondary N) is 1. The van der Waals surface area contributed by atoms with Crippen molar-refractivity contribution in [3.05, 3.63) is 24.0 Å². The quantitative estimate of drug-likeness (QED) is 0.460. The first-order valence-electron chi connectivity index (χ1n) is 2.94. The van der Waals surface area contributed by atoms with Crippen molar-refractivity contribution in [2.45, 2.75) is 0 Å². The summed E-state index contributed by atoms with van der Waals surface area (Å²) >= 11 is 0. The molecule has 0 atom stereocenters. The Morgan fingerprint density at radius 1 is 1.46 bits per heavy atom. The molecule has 0 saturated carbocycles. The Morgan fingerprint density at radius 3 is 2.08 bits per heavy atom. The number of carbonyl (C=O) groups is 1. The lowest BCUT2D eigenvalue weighted by Gasteiger charge is -1.82. The Hall–Kier alpha value is -1.38. The largest absolute Gasteiger partial charge is 0.394 e. The monoisotopic (exact) mass is 208 g/mol. The van der Waals surface area contributed by atoms with E-state index >= 15 is 0 Å². The average Bonchev–Trinajstić information content (AvgIpc) is 2.31. The molecule has 0 aliphatic rings. The molecule has 0 aliphatic heterocycles. The van der Waals surface area contributed by atoms with Gasteiger partial charge in [-0.15, -0.1) is 0 Å². The number of H-pyrrole nitrogens is 1. The lowest BCUT2D eigenvalue weighted by atomic mass is 10.4. The highest BCUT2D eigenvalue weighted by atomic mass is 32.3. The van der Waals surface area contributed by atoms with E-state index in [4.69, 9.17) is 23.3 Å². The molecular formula is C5H8N2O5S. The van der Waals surface area contributed by atoms with Gasteiger partial charge in [0.05, 0.1) is 0 Å². The highest BCUT2D eigenvalue weighted by Crippen LogP contribution is 1.89. The second-order valence-electron chi connectivity index (χ2n) is 1.90. The SMILES string of the molecule is NC(=O)c1ccc[nH]1.O=S(=O)(O)O. The number of rotatable bonds is 1. The standard InChI is InChI=1S/C5H6N2O.H2O4S/c6-5(8)4-2-1-3-7-4;1-5(2,3)4/h1-3,7H,(H2,6,8);(H2,1,2,3,4). The number of nitrogens with two attached hydrogens (primary N) is 1. The van der Waals surface area contributed by atoms with Crippen LogP contribution in [-0.2, 0) is 10.4 Å². The molecule has 0 unspecified atom stereocenters. The number of amides is 1. The fourth-order valence-corrected chi connectivity index (χ4v) is 0.484. The maximum Gasteiger partial charge on any atom is 0.394 e. The maximum atomic E-state index is 10.3. The van der Waals surface area contributed by atoms with Gasteiger partial charge in [-0.1, -0.05) is 0 Å². The van der Waals surface area contributed by atoms with E-state index < -0.39 is 16.3 Å². The molecule has 1 aromatic rings. The van der Waals surface area contributed by atoms with Gasteiger partial charge in [0, 0.05) is 6.20 Å². The number of hydrogen-bond acceptors (Lipinski definition) is 3. The summed E-state index contributed by atoms with van der Waals surface area (Å²) in [5.74, 6) is -0.421. The van der Waals surface area contributed by atoms with E-state index in [1.54, 1.807) is 18.3 Å². The summed E-state index contributed by atoms with van der Waals surface area (Å²) in [4.78, 5) is 12.9. The Balaban J connectivity index is 0.000000252. The third-order valence-corrected chi connectivity index (χ3v) is 0.863. The van der Waals surface area contributed by atoms with Gasteiger partial charge in [-0.05, 0) is 12.1 Å². The highest BCUT2D eigenvalue weighted by molar-refractivity contribution is 7.79. The normalized spacial score (nSPS) is 10.0. The summed E-state index contributed by atoms with van der Waals surface area (Å²) in [5, 5.41) is 0. The van der Waals surface area contributed by atoms with Crippen molar-refractivity contribution < 1.29 is 22.3 Å². The minimum atomic E-state index is -4.67. The molecule has 0 spiro atoms. The molecule has 1 rings (SSSR count). The van der Waals surface area contributed by atoms with E-state index in [-0.39, 0.29) is 0 Å². The van der Waals surface area contributed by atoms with Crippen LogP contribution in [0.4, 0.5) is 0 Å². The van der Waals surface area contributed by atoms with Gasteiger partial charge in [0.2, 0.25) is 0 Å². The average molecular weight is 208 g/mol. The molecule has 0 radical (unpaired) electrons. The number of hydrogen-bond donors (Lipinski definition) is 4. The first-order chi connectivity index (χ1) is 5.80. The Kier molecular flexibility index (Phi) is 4.11. The van der Waals surface area contributed by atoms with Crippen molar-refractivity contribution in [3.63, 3.8) is 0 Å². The van der Waals surface area contributed by atoms with E-state index in [0.29, 0.717) is 5.69 Å². The molecule has 5 N–H and O–H groups in total. The minimum Gasteiger partial charge on any atom is -0.364 e. The van der Waals surface area contributed by atoms with Gasteiger partial charge in [-0.3, -0.25) is 13.9 Å². The zero-order chi connectivity index (χ0) is 10.5. The number of primary amides is 1. The van der Waals surface area contributed by atoms with Crippen molar-refractivity contribution in [2.75, 3.05) is 0 Å². The van der Waals surface area contributed by atoms with Gasteiger partial charge in [0.15, 0.2) is 0 Å². The van der Waals surface area contributed by atoms with Crippen molar-refractivity contribution >= 4 is 16.3 Å². The third kappa shape index (κ3) is 8.53. The predicted molar refractivity (Wildman–Crippen MR) is 43.5 cm³/mol. The van der Waals surface area contributed by atoms with Crippen LogP contribution >= 0.6 is 0 Å². The van der Waals surface area contributed by atoms with Crippen LogP contribution < -0.4 is 5.73 Å². The molecule has 0 aromatic carbocycles. The zero-order valence-corrected chi connectivity index (χ0v) is 7.15. The third-order valence-electron chi connectivity index (χ3n) is 0.863.